The number of aliphatic carboxylic acids is 1. The van der Waals surface area contributed by atoms with Gasteiger partial charge in [0.15, 0.2) is 5.78 Å². The number of allylic oxidation sites excluding steroid dienone is 1. The van der Waals surface area contributed by atoms with Crippen molar-refractivity contribution >= 4 is 11.8 Å². The van der Waals surface area contributed by atoms with E-state index < -0.39 is 5.97 Å². The molecule has 0 amide bonds. The minimum Gasteiger partial charge on any atom is -0.477 e. The summed E-state index contributed by atoms with van der Waals surface area (Å²) in [6.45, 7) is 3.41. The Morgan fingerprint density at radius 2 is 1.92 bits per heavy atom. The molecular formula is C9H15NO3. The summed E-state index contributed by atoms with van der Waals surface area (Å²) < 4.78 is 0. The number of nitrogens with two attached hydrogens (primary N) is 1. The number of ketones is 1. The van der Waals surface area contributed by atoms with E-state index in [0.29, 0.717) is 6.42 Å². The lowest BCUT2D eigenvalue weighted by molar-refractivity contribution is -0.133. The van der Waals surface area contributed by atoms with Crippen molar-refractivity contribution < 1.29 is 14.7 Å². The Kier molecular flexibility index (Phi) is 4.80. The Morgan fingerprint density at radius 1 is 1.38 bits per heavy atom. The van der Waals surface area contributed by atoms with E-state index in [1.807, 2.05) is 6.92 Å². The van der Waals surface area contributed by atoms with E-state index in [1.54, 1.807) is 0 Å². The first-order valence-corrected chi connectivity index (χ1v) is 4.23. The molecule has 0 aliphatic rings. The molecule has 0 aromatic rings. The molecule has 0 rings (SSSR count). The smallest absolute Gasteiger partial charge is 0.352 e. The quantitative estimate of drug-likeness (QED) is 0.627. The highest BCUT2D eigenvalue weighted by Gasteiger charge is 2.12. The van der Waals surface area contributed by atoms with E-state index in [1.165, 1.54) is 6.92 Å². The molecule has 13 heavy (non-hydrogen) atoms. The van der Waals surface area contributed by atoms with Crippen molar-refractivity contribution in [3.63, 3.8) is 0 Å². The van der Waals surface area contributed by atoms with Crippen LogP contribution in [0.1, 0.15) is 33.1 Å². The fourth-order valence-corrected chi connectivity index (χ4v) is 0.835. The zero-order valence-electron chi connectivity index (χ0n) is 7.96. The van der Waals surface area contributed by atoms with Crippen LogP contribution in [0.25, 0.3) is 0 Å². The summed E-state index contributed by atoms with van der Waals surface area (Å²) in [4.78, 5) is 21.6. The third-order valence-corrected chi connectivity index (χ3v) is 1.81. The second kappa shape index (κ2) is 5.35. The van der Waals surface area contributed by atoms with Crippen LogP contribution in [-0.4, -0.2) is 16.9 Å². The molecule has 0 bridgehead atoms. The number of carbonyl (C=O) groups excluding carboxylic acids is 1. The maximum absolute atomic E-state index is 11.2. The maximum atomic E-state index is 11.2. The topological polar surface area (TPSA) is 80.4 Å². The third kappa shape index (κ3) is 3.73. The molecule has 0 aromatic carbocycles. The van der Waals surface area contributed by atoms with E-state index in [4.69, 9.17) is 10.8 Å². The summed E-state index contributed by atoms with van der Waals surface area (Å²) in [5, 5.41) is 8.49. The van der Waals surface area contributed by atoms with Gasteiger partial charge in [0.2, 0.25) is 0 Å². The van der Waals surface area contributed by atoms with Crippen LogP contribution in [0.5, 0.6) is 0 Å². The van der Waals surface area contributed by atoms with E-state index >= 15 is 0 Å². The van der Waals surface area contributed by atoms with Crippen LogP contribution < -0.4 is 5.73 Å². The molecule has 0 radical (unpaired) electrons. The monoisotopic (exact) mass is 185 g/mol. The van der Waals surface area contributed by atoms with Crippen molar-refractivity contribution in [1.82, 2.24) is 0 Å². The maximum Gasteiger partial charge on any atom is 0.352 e. The van der Waals surface area contributed by atoms with Crippen molar-refractivity contribution in [3.05, 3.63) is 11.3 Å². The highest BCUT2D eigenvalue weighted by Crippen LogP contribution is 2.06. The summed E-state index contributed by atoms with van der Waals surface area (Å²) in [6, 6.07) is 0. The molecule has 0 spiro atoms. The summed E-state index contributed by atoms with van der Waals surface area (Å²) in [5.74, 6) is -1.41. The van der Waals surface area contributed by atoms with E-state index in [9.17, 15) is 9.59 Å². The van der Waals surface area contributed by atoms with Gasteiger partial charge in [0.1, 0.15) is 5.70 Å². The largest absolute Gasteiger partial charge is 0.477 e. The first-order chi connectivity index (χ1) is 6.00. The van der Waals surface area contributed by atoms with Crippen molar-refractivity contribution in [1.29, 1.82) is 0 Å². The zero-order valence-corrected chi connectivity index (χ0v) is 7.96. The lowest BCUT2D eigenvalue weighted by Gasteiger charge is -2.01. The van der Waals surface area contributed by atoms with E-state index in [-0.39, 0.29) is 17.1 Å². The number of hydrogen-bond donors (Lipinski definition) is 2. The first kappa shape index (κ1) is 11.7. The molecule has 0 saturated heterocycles. The predicted molar refractivity (Wildman–Crippen MR) is 49.1 cm³/mol. The molecule has 4 nitrogen and oxygen atoms in total. The fourth-order valence-electron chi connectivity index (χ4n) is 0.835. The molecule has 3 N–H and O–H groups in total. The van der Waals surface area contributed by atoms with Crippen LogP contribution in [0, 0.1) is 0 Å². The van der Waals surface area contributed by atoms with Gasteiger partial charge in [-0.3, -0.25) is 4.79 Å². The standard InChI is InChI=1S/C9H15NO3/c1-3-4-5-7(11)6(2)8(10)9(12)13/h3-5,10H2,1-2H3,(H,12,13). The van der Waals surface area contributed by atoms with Crippen LogP contribution in [0.15, 0.2) is 11.3 Å². The van der Waals surface area contributed by atoms with Crippen LogP contribution in [0.4, 0.5) is 0 Å². The Labute approximate surface area is 77.4 Å². The number of carboxylic acid groups (broad SMARTS) is 1. The molecule has 0 atom stereocenters. The van der Waals surface area contributed by atoms with Crippen molar-refractivity contribution in [2.24, 2.45) is 5.73 Å². The Hall–Kier alpha value is -1.32. The second-order valence-electron chi connectivity index (χ2n) is 2.87. The molecule has 0 heterocycles. The molecule has 4 heteroatoms. The molecule has 74 valence electrons. The predicted octanol–water partition coefficient (Wildman–Crippen LogP) is 1.06. The van der Waals surface area contributed by atoms with Crippen molar-refractivity contribution in [2.45, 2.75) is 33.1 Å². The number of carboxylic acids is 1. The SMILES string of the molecule is CCCCC(=O)C(C)=C(N)C(=O)O. The van der Waals surface area contributed by atoms with Gasteiger partial charge < -0.3 is 10.8 Å². The summed E-state index contributed by atoms with van der Waals surface area (Å²) in [6.07, 6.45) is 2.05. The van der Waals surface area contributed by atoms with Crippen LogP contribution >= 0.6 is 0 Å². The Morgan fingerprint density at radius 3 is 2.31 bits per heavy atom. The average molecular weight is 185 g/mol. The lowest BCUT2D eigenvalue weighted by Crippen LogP contribution is -2.16. The van der Waals surface area contributed by atoms with Gasteiger partial charge in [-0.15, -0.1) is 0 Å². The lowest BCUT2D eigenvalue weighted by atomic mass is 10.1. The highest BCUT2D eigenvalue weighted by molar-refractivity contribution is 6.02. The molecule has 0 unspecified atom stereocenters. The molecule has 0 aliphatic heterocycles. The Bertz CT molecular complexity index is 243. The van der Waals surface area contributed by atoms with Crippen molar-refractivity contribution in [3.8, 4) is 0 Å². The van der Waals surface area contributed by atoms with Crippen LogP contribution in [0.3, 0.4) is 0 Å². The van der Waals surface area contributed by atoms with Gasteiger partial charge in [-0.2, -0.15) is 0 Å². The van der Waals surface area contributed by atoms with Gasteiger partial charge in [0.25, 0.3) is 0 Å². The highest BCUT2D eigenvalue weighted by atomic mass is 16.4. The van der Waals surface area contributed by atoms with Crippen molar-refractivity contribution in [2.75, 3.05) is 0 Å². The number of hydrogen-bond acceptors (Lipinski definition) is 3. The van der Waals surface area contributed by atoms with Gasteiger partial charge in [-0.1, -0.05) is 13.3 Å². The fraction of sp³-hybridized carbons (Fsp3) is 0.556. The van der Waals surface area contributed by atoms with Crippen LogP contribution in [0.2, 0.25) is 0 Å². The molecule has 0 aliphatic carbocycles. The second-order valence-corrected chi connectivity index (χ2v) is 2.87. The zero-order chi connectivity index (χ0) is 10.4. The van der Waals surface area contributed by atoms with Gasteiger partial charge in [-0.25, -0.2) is 4.79 Å². The van der Waals surface area contributed by atoms with Gasteiger partial charge in [0.05, 0.1) is 0 Å². The van der Waals surface area contributed by atoms with Gasteiger partial charge in [0, 0.05) is 12.0 Å². The number of rotatable bonds is 5. The van der Waals surface area contributed by atoms with Crippen LogP contribution in [-0.2, 0) is 9.59 Å². The Balaban J connectivity index is 4.40. The third-order valence-electron chi connectivity index (χ3n) is 1.81. The molecule has 0 fully saturated rings. The summed E-state index contributed by atoms with van der Waals surface area (Å²) >= 11 is 0. The minimum absolute atomic E-state index is 0.154. The van der Waals surface area contributed by atoms with Gasteiger partial charge in [-0.05, 0) is 13.3 Å². The number of unbranched alkanes of at least 4 members (excludes halogenated alkanes) is 1. The average Bonchev–Trinajstić information content (AvgIpc) is 2.11. The molecule has 0 saturated carbocycles. The number of Topliss-reactive ketones (excluding diaryl/α,β-unsaturated/α-hetero) is 1. The normalized spacial score (nSPS) is 12.2. The molecular weight excluding hydrogens is 170 g/mol. The first-order valence-electron chi connectivity index (χ1n) is 4.23. The number of carbonyl (C=O) groups is 2. The summed E-state index contributed by atoms with van der Waals surface area (Å²) in [7, 11) is 0. The van der Waals surface area contributed by atoms with E-state index in [0.717, 1.165) is 12.8 Å². The van der Waals surface area contributed by atoms with E-state index in [2.05, 4.69) is 0 Å². The minimum atomic E-state index is -1.23. The molecule has 0 aromatic heterocycles. The summed E-state index contributed by atoms with van der Waals surface area (Å²) in [5.41, 5.74) is 5.00. The van der Waals surface area contributed by atoms with Gasteiger partial charge >= 0.3 is 5.97 Å².